The zero-order valence-electron chi connectivity index (χ0n) is 19.4. The molecule has 0 unspecified atom stereocenters. The molecule has 0 saturated carbocycles. The minimum atomic E-state index is -0.432. The van der Waals surface area contributed by atoms with Crippen LogP contribution >= 0.6 is 0 Å². The standard InChI is InChI=1S/C22H31N7O3/c1-6-28-18-17(19(32-5)20(28)27-9-7-8-15(23)11-27)26(4)22(31)29(21(18)30)12-16-24-13(2)10-14(3)25-16/h10,15H,6-9,11-12,23H2,1-5H3/t15-/m1/s1. The molecule has 3 aromatic heterocycles. The molecule has 3 aromatic rings. The van der Waals surface area contributed by atoms with Crippen molar-refractivity contribution in [1.82, 2.24) is 23.7 Å². The Bertz CT molecular complexity index is 1270. The van der Waals surface area contributed by atoms with Crippen molar-refractivity contribution >= 4 is 16.9 Å². The molecule has 10 heteroatoms. The maximum absolute atomic E-state index is 13.7. The van der Waals surface area contributed by atoms with E-state index in [0.29, 0.717) is 35.7 Å². The van der Waals surface area contributed by atoms with Crippen LogP contribution in [-0.4, -0.2) is 49.9 Å². The van der Waals surface area contributed by atoms with Crippen LogP contribution in [0.2, 0.25) is 0 Å². The molecule has 1 aliphatic rings. The Morgan fingerprint density at radius 1 is 1.16 bits per heavy atom. The zero-order valence-corrected chi connectivity index (χ0v) is 19.4. The first-order chi connectivity index (χ1) is 15.3. The molecule has 0 radical (unpaired) electrons. The average Bonchev–Trinajstić information content (AvgIpc) is 3.09. The number of anilines is 1. The molecule has 0 spiro atoms. The van der Waals surface area contributed by atoms with E-state index in [1.165, 1.54) is 9.13 Å². The summed E-state index contributed by atoms with van der Waals surface area (Å²) in [6.45, 7) is 7.76. The molecule has 1 atom stereocenters. The van der Waals surface area contributed by atoms with Gasteiger partial charge < -0.3 is 19.9 Å². The van der Waals surface area contributed by atoms with Gasteiger partial charge in [-0.25, -0.2) is 14.8 Å². The van der Waals surface area contributed by atoms with Gasteiger partial charge in [-0.05, 0) is 39.7 Å². The van der Waals surface area contributed by atoms with Crippen LogP contribution < -0.4 is 26.6 Å². The van der Waals surface area contributed by atoms with E-state index in [1.54, 1.807) is 14.2 Å². The van der Waals surface area contributed by atoms with Crippen LogP contribution in [0.1, 0.15) is 37.0 Å². The highest BCUT2D eigenvalue weighted by Crippen LogP contribution is 2.38. The lowest BCUT2D eigenvalue weighted by molar-refractivity contribution is 0.410. The molecule has 1 saturated heterocycles. The number of aromatic nitrogens is 5. The fourth-order valence-corrected chi connectivity index (χ4v) is 4.75. The quantitative estimate of drug-likeness (QED) is 0.626. The number of hydrogen-bond acceptors (Lipinski definition) is 7. The molecule has 172 valence electrons. The minimum absolute atomic E-state index is 0.00506. The second kappa shape index (κ2) is 8.42. The Kier molecular flexibility index (Phi) is 5.81. The van der Waals surface area contributed by atoms with Crippen molar-refractivity contribution in [3.05, 3.63) is 44.1 Å². The third-order valence-electron chi connectivity index (χ3n) is 6.07. The van der Waals surface area contributed by atoms with Gasteiger partial charge in [0.05, 0.1) is 13.7 Å². The third kappa shape index (κ3) is 3.58. The first-order valence-corrected chi connectivity index (χ1v) is 11.0. The van der Waals surface area contributed by atoms with E-state index in [9.17, 15) is 9.59 Å². The maximum Gasteiger partial charge on any atom is 0.331 e. The van der Waals surface area contributed by atoms with Gasteiger partial charge in [-0.3, -0.25) is 13.9 Å². The normalized spacial score (nSPS) is 16.7. The van der Waals surface area contributed by atoms with Crippen LogP contribution in [0.4, 0.5) is 5.82 Å². The summed E-state index contributed by atoms with van der Waals surface area (Å²) < 4.78 is 10.4. The number of piperidine rings is 1. The van der Waals surface area contributed by atoms with E-state index in [0.717, 1.165) is 36.6 Å². The first kappa shape index (κ1) is 22.1. The highest BCUT2D eigenvalue weighted by atomic mass is 16.5. The Hall–Kier alpha value is -3.14. The molecule has 32 heavy (non-hydrogen) atoms. The fourth-order valence-electron chi connectivity index (χ4n) is 4.75. The summed E-state index contributed by atoms with van der Waals surface area (Å²) in [6.07, 6.45) is 1.93. The van der Waals surface area contributed by atoms with Gasteiger partial charge in [-0.15, -0.1) is 0 Å². The van der Waals surface area contributed by atoms with Gasteiger partial charge in [0.25, 0.3) is 5.56 Å². The highest BCUT2D eigenvalue weighted by Gasteiger charge is 2.30. The van der Waals surface area contributed by atoms with Crippen molar-refractivity contribution < 1.29 is 4.74 Å². The number of rotatable bonds is 5. The predicted octanol–water partition coefficient (Wildman–Crippen LogP) is 0.913. The number of aryl methyl sites for hydroxylation is 4. The summed E-state index contributed by atoms with van der Waals surface area (Å²) in [4.78, 5) is 37.9. The highest BCUT2D eigenvalue weighted by molar-refractivity contribution is 5.90. The van der Waals surface area contributed by atoms with Crippen molar-refractivity contribution in [2.24, 2.45) is 12.8 Å². The first-order valence-electron chi connectivity index (χ1n) is 11.0. The van der Waals surface area contributed by atoms with Gasteiger partial charge in [0.2, 0.25) is 0 Å². The zero-order chi connectivity index (χ0) is 23.2. The summed E-state index contributed by atoms with van der Waals surface area (Å²) in [5.74, 6) is 1.76. The molecular weight excluding hydrogens is 410 g/mol. The Morgan fingerprint density at radius 3 is 2.44 bits per heavy atom. The van der Waals surface area contributed by atoms with E-state index in [4.69, 9.17) is 10.5 Å². The van der Waals surface area contributed by atoms with Gasteiger partial charge >= 0.3 is 5.69 Å². The smallest absolute Gasteiger partial charge is 0.331 e. The van der Waals surface area contributed by atoms with Crippen LogP contribution in [0.5, 0.6) is 5.75 Å². The monoisotopic (exact) mass is 441 g/mol. The molecule has 4 rings (SSSR count). The average molecular weight is 442 g/mol. The molecule has 10 nitrogen and oxygen atoms in total. The fraction of sp³-hybridized carbons (Fsp3) is 0.545. The second-order valence-corrected chi connectivity index (χ2v) is 8.45. The van der Waals surface area contributed by atoms with Crippen molar-refractivity contribution in [2.45, 2.75) is 52.7 Å². The van der Waals surface area contributed by atoms with Gasteiger partial charge in [0.15, 0.2) is 11.6 Å². The lowest BCUT2D eigenvalue weighted by Gasteiger charge is -2.33. The van der Waals surface area contributed by atoms with Crippen LogP contribution in [0.3, 0.4) is 0 Å². The number of nitrogens with zero attached hydrogens (tertiary/aromatic N) is 6. The number of fused-ring (bicyclic) bond motifs is 1. The van der Waals surface area contributed by atoms with E-state index >= 15 is 0 Å². The Labute approximate surface area is 186 Å². The van der Waals surface area contributed by atoms with Gasteiger partial charge in [0, 0.05) is 44.1 Å². The second-order valence-electron chi connectivity index (χ2n) is 8.45. The summed E-state index contributed by atoms with van der Waals surface area (Å²) >= 11 is 0. The van der Waals surface area contributed by atoms with Crippen LogP contribution in [0, 0.1) is 13.8 Å². The number of methoxy groups -OCH3 is 1. The summed E-state index contributed by atoms with van der Waals surface area (Å²) in [5.41, 5.74) is 7.94. The lowest BCUT2D eigenvalue weighted by atomic mass is 10.1. The van der Waals surface area contributed by atoms with E-state index in [-0.39, 0.29) is 18.1 Å². The van der Waals surface area contributed by atoms with E-state index in [1.807, 2.05) is 31.4 Å². The molecule has 4 heterocycles. The van der Waals surface area contributed by atoms with Gasteiger partial charge in [0.1, 0.15) is 16.9 Å². The minimum Gasteiger partial charge on any atom is -0.491 e. The Balaban J connectivity index is 1.98. The molecular formula is C22H31N7O3. The van der Waals surface area contributed by atoms with Crippen molar-refractivity contribution in [1.29, 1.82) is 0 Å². The lowest BCUT2D eigenvalue weighted by Crippen LogP contribution is -2.43. The molecule has 0 aliphatic carbocycles. The number of hydrogen-bond donors (Lipinski definition) is 1. The molecule has 2 N–H and O–H groups in total. The van der Waals surface area contributed by atoms with Crippen molar-refractivity contribution in [3.63, 3.8) is 0 Å². The number of ether oxygens (including phenoxy) is 1. The molecule has 0 bridgehead atoms. The topological polar surface area (TPSA) is 113 Å². The van der Waals surface area contributed by atoms with Crippen molar-refractivity contribution in [2.75, 3.05) is 25.1 Å². The Morgan fingerprint density at radius 2 is 1.84 bits per heavy atom. The van der Waals surface area contributed by atoms with Gasteiger partial charge in [-0.2, -0.15) is 0 Å². The third-order valence-corrected chi connectivity index (χ3v) is 6.07. The van der Waals surface area contributed by atoms with Gasteiger partial charge in [-0.1, -0.05) is 0 Å². The van der Waals surface area contributed by atoms with E-state index < -0.39 is 5.69 Å². The summed E-state index contributed by atoms with van der Waals surface area (Å²) in [6, 6.07) is 1.91. The largest absolute Gasteiger partial charge is 0.491 e. The predicted molar refractivity (Wildman–Crippen MR) is 124 cm³/mol. The van der Waals surface area contributed by atoms with Crippen LogP contribution in [0.15, 0.2) is 15.7 Å². The van der Waals surface area contributed by atoms with E-state index in [2.05, 4.69) is 14.9 Å². The molecule has 1 fully saturated rings. The summed E-state index contributed by atoms with van der Waals surface area (Å²) in [7, 11) is 3.23. The van der Waals surface area contributed by atoms with Crippen LogP contribution in [0.25, 0.3) is 11.0 Å². The summed E-state index contributed by atoms with van der Waals surface area (Å²) in [5, 5.41) is 0. The molecule has 0 aromatic carbocycles. The van der Waals surface area contributed by atoms with Crippen molar-refractivity contribution in [3.8, 4) is 5.75 Å². The maximum atomic E-state index is 13.7. The molecule has 1 aliphatic heterocycles. The SMILES string of the molecule is CCn1c(N2CCC[C@@H](N)C2)c(OC)c2c1c(=O)n(Cc1nc(C)cc(C)n1)c(=O)n2C. The van der Waals surface area contributed by atoms with Crippen LogP contribution in [-0.2, 0) is 20.1 Å². The number of nitrogens with two attached hydrogens (primary N) is 1. The molecule has 0 amide bonds.